The average Bonchev–Trinajstić information content (AvgIpc) is 3.92. The number of rotatable bonds is 5. The van der Waals surface area contributed by atoms with Gasteiger partial charge < -0.3 is 14.7 Å². The Kier molecular flexibility index (Phi) is 10.6. The molecule has 0 bridgehead atoms. The van der Waals surface area contributed by atoms with Gasteiger partial charge in [-0.15, -0.1) is 22.7 Å². The molecular weight excluding hydrogens is 910 g/mol. The van der Waals surface area contributed by atoms with Crippen molar-refractivity contribution >= 4 is 127 Å². The molecule has 358 valence electrons. The fourth-order valence-corrected chi connectivity index (χ4v) is 13.7. The molecule has 3 nitrogen and oxygen atoms in total. The van der Waals surface area contributed by atoms with E-state index in [9.17, 15) is 0 Å². The Hall–Kier alpha value is -6.60. The number of anilines is 9. The van der Waals surface area contributed by atoms with Crippen LogP contribution in [-0.4, -0.2) is 6.71 Å². The largest absolute Gasteiger partial charge is 0.310 e. The van der Waals surface area contributed by atoms with Crippen molar-refractivity contribution in [1.29, 1.82) is 0 Å². The zero-order valence-corrected chi connectivity index (χ0v) is 45.5. The molecule has 72 heavy (non-hydrogen) atoms. The Balaban J connectivity index is 1.15. The molecule has 0 aliphatic carbocycles. The summed E-state index contributed by atoms with van der Waals surface area (Å²) in [6, 6.07) is 65.4. The zero-order valence-electron chi connectivity index (χ0n) is 43.9. The van der Waals surface area contributed by atoms with Crippen molar-refractivity contribution in [2.75, 3.05) is 14.7 Å². The molecule has 0 N–H and O–H groups in total. The van der Waals surface area contributed by atoms with E-state index < -0.39 is 0 Å². The summed E-state index contributed by atoms with van der Waals surface area (Å²) in [5.41, 5.74) is 18.8. The molecule has 2 aliphatic heterocycles. The number of thiophene rings is 2. The van der Waals surface area contributed by atoms with Crippen molar-refractivity contribution in [2.24, 2.45) is 0 Å². The van der Waals surface area contributed by atoms with Crippen molar-refractivity contribution in [3.63, 3.8) is 0 Å². The fourth-order valence-electron chi connectivity index (χ4n) is 11.2. The third kappa shape index (κ3) is 7.59. The van der Waals surface area contributed by atoms with E-state index in [0.29, 0.717) is 0 Å². The molecule has 6 heteroatoms. The standard InChI is InChI=1S/C66H64BN3S2/c1-63(2,3)41-23-30-45(31-24-41)68(46-32-25-42(26-33-46)64(4,5)6)48-36-37-52-56(40-48)70(55-21-15-18-50-49-17-13-14-22-57(49)71-61(50)55)54-20-16-19-53-59(54)67(52)62-60(51-39-44(66(10,11)12)29-38-58(51)72-62)69(53)47-34-27-43(28-35-47)65(7,8)9/h13-40H,1-12H3. The molecule has 0 saturated heterocycles. The lowest BCUT2D eigenvalue weighted by Gasteiger charge is -2.43. The van der Waals surface area contributed by atoms with Gasteiger partial charge in [-0.3, -0.25) is 0 Å². The third-order valence-electron chi connectivity index (χ3n) is 15.3. The first-order valence-corrected chi connectivity index (χ1v) is 27.3. The molecule has 0 saturated carbocycles. The molecule has 4 heterocycles. The Morgan fingerprint density at radius 3 is 1.50 bits per heavy atom. The summed E-state index contributed by atoms with van der Waals surface area (Å²) in [5.74, 6) is 0. The first kappa shape index (κ1) is 46.5. The van der Waals surface area contributed by atoms with Gasteiger partial charge in [-0.05, 0) is 140 Å². The minimum absolute atomic E-state index is 0.000663. The molecule has 0 spiro atoms. The second kappa shape index (κ2) is 16.5. The van der Waals surface area contributed by atoms with Gasteiger partial charge >= 0.3 is 0 Å². The van der Waals surface area contributed by atoms with Crippen molar-refractivity contribution in [3.8, 4) is 0 Å². The van der Waals surface area contributed by atoms with E-state index in [1.807, 2.05) is 22.7 Å². The Bertz CT molecular complexity index is 3680. The highest BCUT2D eigenvalue weighted by atomic mass is 32.1. The lowest BCUT2D eigenvalue weighted by molar-refractivity contribution is 0.590. The average molecular weight is 974 g/mol. The van der Waals surface area contributed by atoms with Crippen LogP contribution in [0.1, 0.15) is 105 Å². The van der Waals surface area contributed by atoms with Gasteiger partial charge in [0.2, 0.25) is 0 Å². The third-order valence-corrected chi connectivity index (χ3v) is 17.7. The van der Waals surface area contributed by atoms with E-state index >= 15 is 0 Å². The van der Waals surface area contributed by atoms with Gasteiger partial charge in [0.25, 0.3) is 6.71 Å². The van der Waals surface area contributed by atoms with Gasteiger partial charge in [-0.25, -0.2) is 0 Å². The maximum absolute atomic E-state index is 2.62. The summed E-state index contributed by atoms with van der Waals surface area (Å²) in [6.45, 7) is 27.7. The van der Waals surface area contributed by atoms with Gasteiger partial charge in [0, 0.05) is 70.1 Å². The van der Waals surface area contributed by atoms with E-state index in [-0.39, 0.29) is 28.4 Å². The number of benzene rings is 8. The molecule has 0 atom stereocenters. The minimum atomic E-state index is -0.00407. The molecule has 2 aromatic heterocycles. The maximum atomic E-state index is 2.62. The first-order chi connectivity index (χ1) is 34.2. The lowest BCUT2D eigenvalue weighted by Crippen LogP contribution is -2.60. The van der Waals surface area contributed by atoms with Gasteiger partial charge in [0.1, 0.15) is 0 Å². The molecule has 12 rings (SSSR count). The summed E-state index contributed by atoms with van der Waals surface area (Å²) in [7, 11) is 0. The predicted octanol–water partition coefficient (Wildman–Crippen LogP) is 18.0. The Morgan fingerprint density at radius 2 is 0.889 bits per heavy atom. The van der Waals surface area contributed by atoms with Crippen LogP contribution in [0.25, 0.3) is 30.3 Å². The van der Waals surface area contributed by atoms with E-state index in [2.05, 4.69) is 268 Å². The fraction of sp³-hybridized carbons (Fsp3) is 0.242. The molecule has 2 aliphatic rings. The molecule has 0 unspecified atom stereocenters. The van der Waals surface area contributed by atoms with Crippen LogP contribution in [0.4, 0.5) is 51.2 Å². The van der Waals surface area contributed by atoms with E-state index in [4.69, 9.17) is 0 Å². The quantitative estimate of drug-likeness (QED) is 0.159. The summed E-state index contributed by atoms with van der Waals surface area (Å²) < 4.78 is 5.30. The Morgan fingerprint density at radius 1 is 0.389 bits per heavy atom. The van der Waals surface area contributed by atoms with Gasteiger partial charge in [-0.1, -0.05) is 168 Å². The van der Waals surface area contributed by atoms with Crippen LogP contribution in [0.15, 0.2) is 170 Å². The molecule has 0 radical (unpaired) electrons. The summed E-state index contributed by atoms with van der Waals surface area (Å²) in [4.78, 5) is 7.68. The summed E-state index contributed by atoms with van der Waals surface area (Å²) in [5, 5.41) is 3.91. The number of hydrogen-bond acceptors (Lipinski definition) is 5. The highest BCUT2D eigenvalue weighted by Gasteiger charge is 2.46. The van der Waals surface area contributed by atoms with Crippen LogP contribution in [0.3, 0.4) is 0 Å². The van der Waals surface area contributed by atoms with Gasteiger partial charge in [-0.2, -0.15) is 0 Å². The number of hydrogen-bond donors (Lipinski definition) is 0. The van der Waals surface area contributed by atoms with E-state index in [0.717, 1.165) is 17.1 Å². The Labute approximate surface area is 435 Å². The zero-order chi connectivity index (χ0) is 50.2. The van der Waals surface area contributed by atoms with E-state index in [1.54, 1.807) is 0 Å². The van der Waals surface area contributed by atoms with Crippen molar-refractivity contribution in [1.82, 2.24) is 0 Å². The molecule has 10 aromatic rings. The minimum Gasteiger partial charge on any atom is -0.310 e. The van der Waals surface area contributed by atoms with Crippen LogP contribution < -0.4 is 30.4 Å². The second-order valence-corrected chi connectivity index (χ2v) is 26.4. The van der Waals surface area contributed by atoms with E-state index in [1.165, 1.54) is 102 Å². The highest BCUT2D eigenvalue weighted by Crippen LogP contribution is 2.52. The van der Waals surface area contributed by atoms with Crippen molar-refractivity contribution < 1.29 is 0 Å². The number of nitrogens with zero attached hydrogens (tertiary/aromatic N) is 3. The van der Waals surface area contributed by atoms with Crippen LogP contribution in [0.2, 0.25) is 0 Å². The smallest absolute Gasteiger partial charge is 0.264 e. The SMILES string of the molecule is CC(C)(C)c1ccc(N(c2ccc(C(C)(C)C)cc2)c2ccc3c(c2)N(c2cccc4c2sc2ccccc24)c2cccc4c2B3c2sc3ccc(C(C)(C)C)cc3c2N4c2ccc(C(C)(C)C)cc2)cc1. The molecule has 0 amide bonds. The molecule has 8 aromatic carbocycles. The van der Waals surface area contributed by atoms with Crippen LogP contribution in [-0.2, 0) is 21.7 Å². The monoisotopic (exact) mass is 973 g/mol. The molecular formula is C66H64BN3S2. The molecule has 0 fully saturated rings. The highest BCUT2D eigenvalue weighted by molar-refractivity contribution is 7.33. The van der Waals surface area contributed by atoms with Crippen molar-refractivity contribution in [2.45, 2.75) is 105 Å². The summed E-state index contributed by atoms with van der Waals surface area (Å²) >= 11 is 3.87. The normalized spacial score (nSPS) is 13.8. The topological polar surface area (TPSA) is 9.72 Å². The maximum Gasteiger partial charge on any atom is 0.264 e. The second-order valence-electron chi connectivity index (χ2n) is 24.3. The van der Waals surface area contributed by atoms with Crippen molar-refractivity contribution in [3.05, 3.63) is 192 Å². The van der Waals surface area contributed by atoms with Crippen LogP contribution in [0, 0.1) is 0 Å². The predicted molar refractivity (Wildman–Crippen MR) is 318 cm³/mol. The van der Waals surface area contributed by atoms with Gasteiger partial charge in [0.05, 0.1) is 16.1 Å². The summed E-state index contributed by atoms with van der Waals surface area (Å²) in [6.07, 6.45) is 0. The number of fused-ring (bicyclic) bond motifs is 9. The van der Waals surface area contributed by atoms with Gasteiger partial charge in [0.15, 0.2) is 0 Å². The van der Waals surface area contributed by atoms with Crippen LogP contribution >= 0.6 is 22.7 Å². The first-order valence-electron chi connectivity index (χ1n) is 25.7. The lowest BCUT2D eigenvalue weighted by atomic mass is 9.36. The van der Waals surface area contributed by atoms with Crippen LogP contribution in [0.5, 0.6) is 0 Å².